The number of rotatable bonds is 5. The van der Waals surface area contributed by atoms with Crippen molar-refractivity contribution in [1.82, 2.24) is 15.1 Å². The van der Waals surface area contributed by atoms with Crippen LogP contribution in [-0.4, -0.2) is 33.5 Å². The number of hydrogen-bond donors (Lipinski definition) is 1. The zero-order chi connectivity index (χ0) is 18.0. The number of likely N-dealkylation sites (tertiary alicyclic amines) is 1. The van der Waals surface area contributed by atoms with Gasteiger partial charge in [0.15, 0.2) is 0 Å². The van der Waals surface area contributed by atoms with E-state index in [1.807, 2.05) is 32.0 Å². The molecule has 0 spiro atoms. The first kappa shape index (κ1) is 17.8. The average Bonchev–Trinajstić information content (AvgIpc) is 3.17. The Bertz CT molecular complexity index is 792. The summed E-state index contributed by atoms with van der Waals surface area (Å²) in [5, 5.41) is 12.8. The van der Waals surface area contributed by atoms with Crippen LogP contribution in [-0.2, 0) is 16.1 Å². The van der Waals surface area contributed by atoms with Gasteiger partial charge in [-0.05, 0) is 11.6 Å². The number of anilines is 1. The molecule has 0 unspecified atom stereocenters. The normalized spacial score (nSPS) is 17.4. The van der Waals surface area contributed by atoms with Gasteiger partial charge in [-0.3, -0.25) is 9.59 Å². The van der Waals surface area contributed by atoms with E-state index >= 15 is 0 Å². The molecule has 1 fully saturated rings. The van der Waals surface area contributed by atoms with Gasteiger partial charge in [0.2, 0.25) is 16.9 Å². The summed E-state index contributed by atoms with van der Waals surface area (Å²) in [4.78, 5) is 26.3. The Labute approximate surface area is 155 Å². The number of carbonyl (C=O) groups is 2. The molecular weight excluding hydrogens is 360 g/mol. The summed E-state index contributed by atoms with van der Waals surface area (Å²) in [7, 11) is 0. The van der Waals surface area contributed by atoms with Crippen LogP contribution in [0.1, 0.15) is 36.8 Å². The summed E-state index contributed by atoms with van der Waals surface area (Å²) in [5.74, 6) is -0.356. The zero-order valence-electron chi connectivity index (χ0n) is 14.0. The molecule has 1 aromatic carbocycles. The van der Waals surface area contributed by atoms with Gasteiger partial charge in [0, 0.05) is 30.5 Å². The summed E-state index contributed by atoms with van der Waals surface area (Å²) in [6, 6.07) is 7.41. The fourth-order valence-corrected chi connectivity index (χ4v) is 3.60. The van der Waals surface area contributed by atoms with Crippen LogP contribution in [0.4, 0.5) is 5.13 Å². The quantitative estimate of drug-likeness (QED) is 0.866. The van der Waals surface area contributed by atoms with Gasteiger partial charge < -0.3 is 10.2 Å². The molecule has 2 heterocycles. The first-order valence-electron chi connectivity index (χ1n) is 8.09. The second-order valence-corrected chi connectivity index (χ2v) is 7.77. The predicted octanol–water partition coefficient (Wildman–Crippen LogP) is 3.30. The standard InChI is InChI=1S/C17H19ClN4O2S/c1-10(2)16-20-21-17(25-16)19-15(24)12-7-14(23)22(9-12)8-11-5-3-4-6-13(11)18/h3-6,10,12H,7-9H2,1-2H3,(H,19,21,24)/t12-/m0/s1. The Morgan fingerprint density at radius 2 is 2.16 bits per heavy atom. The summed E-state index contributed by atoms with van der Waals surface area (Å²) < 4.78 is 0. The van der Waals surface area contributed by atoms with Crippen LogP contribution in [0.3, 0.4) is 0 Å². The number of benzene rings is 1. The third kappa shape index (κ3) is 4.16. The number of hydrogen-bond acceptors (Lipinski definition) is 5. The van der Waals surface area contributed by atoms with E-state index in [1.54, 1.807) is 11.0 Å². The van der Waals surface area contributed by atoms with Crippen molar-refractivity contribution in [3.8, 4) is 0 Å². The maximum Gasteiger partial charge on any atom is 0.231 e. The number of nitrogens with one attached hydrogen (secondary N) is 1. The zero-order valence-corrected chi connectivity index (χ0v) is 15.6. The third-order valence-corrected chi connectivity index (χ3v) is 5.58. The lowest BCUT2D eigenvalue weighted by atomic mass is 10.1. The van der Waals surface area contributed by atoms with Crippen LogP contribution >= 0.6 is 22.9 Å². The molecule has 1 saturated heterocycles. The highest BCUT2D eigenvalue weighted by Crippen LogP contribution is 2.26. The second-order valence-electron chi connectivity index (χ2n) is 6.36. The lowest BCUT2D eigenvalue weighted by Crippen LogP contribution is -2.28. The minimum Gasteiger partial charge on any atom is -0.337 e. The monoisotopic (exact) mass is 378 g/mol. The Morgan fingerprint density at radius 1 is 1.40 bits per heavy atom. The molecule has 2 amide bonds. The maximum absolute atomic E-state index is 12.4. The van der Waals surface area contributed by atoms with Gasteiger partial charge in [-0.2, -0.15) is 0 Å². The topological polar surface area (TPSA) is 75.2 Å². The van der Waals surface area contributed by atoms with Crippen LogP contribution in [0, 0.1) is 5.92 Å². The van der Waals surface area contributed by atoms with E-state index in [0.717, 1.165) is 10.6 Å². The number of halogens is 1. The van der Waals surface area contributed by atoms with E-state index in [0.29, 0.717) is 23.2 Å². The summed E-state index contributed by atoms with van der Waals surface area (Å²) >= 11 is 7.52. The van der Waals surface area contributed by atoms with Gasteiger partial charge in [0.1, 0.15) is 5.01 Å². The molecule has 0 saturated carbocycles. The average molecular weight is 379 g/mol. The van der Waals surface area contributed by atoms with Gasteiger partial charge in [0.05, 0.1) is 5.92 Å². The van der Waals surface area contributed by atoms with Crippen molar-refractivity contribution in [3.05, 3.63) is 39.9 Å². The molecule has 132 valence electrons. The van der Waals surface area contributed by atoms with Crippen LogP contribution in [0.5, 0.6) is 0 Å². The second kappa shape index (κ2) is 7.49. The number of amides is 2. The maximum atomic E-state index is 12.4. The predicted molar refractivity (Wildman–Crippen MR) is 97.6 cm³/mol. The van der Waals surface area contributed by atoms with Gasteiger partial charge in [-0.15, -0.1) is 10.2 Å². The molecule has 0 aliphatic carbocycles. The fourth-order valence-electron chi connectivity index (χ4n) is 2.66. The van der Waals surface area contributed by atoms with E-state index < -0.39 is 0 Å². The van der Waals surface area contributed by atoms with Crippen molar-refractivity contribution >= 4 is 39.9 Å². The van der Waals surface area contributed by atoms with E-state index in [9.17, 15) is 9.59 Å². The van der Waals surface area contributed by atoms with Crippen LogP contribution in [0.2, 0.25) is 5.02 Å². The third-order valence-electron chi connectivity index (χ3n) is 4.07. The van der Waals surface area contributed by atoms with E-state index in [2.05, 4.69) is 15.5 Å². The van der Waals surface area contributed by atoms with Crippen molar-refractivity contribution in [1.29, 1.82) is 0 Å². The fraction of sp³-hybridized carbons (Fsp3) is 0.412. The van der Waals surface area contributed by atoms with Crippen LogP contribution < -0.4 is 5.32 Å². The number of carbonyl (C=O) groups excluding carboxylic acids is 2. The minimum atomic E-state index is -0.388. The molecule has 1 N–H and O–H groups in total. The molecular formula is C17H19ClN4O2S. The molecule has 6 nitrogen and oxygen atoms in total. The Balaban J connectivity index is 1.61. The Morgan fingerprint density at radius 3 is 2.84 bits per heavy atom. The highest BCUT2D eigenvalue weighted by Gasteiger charge is 2.34. The molecule has 8 heteroatoms. The molecule has 1 atom stereocenters. The van der Waals surface area contributed by atoms with Crippen LogP contribution in [0.15, 0.2) is 24.3 Å². The van der Waals surface area contributed by atoms with E-state index in [1.165, 1.54) is 11.3 Å². The highest BCUT2D eigenvalue weighted by molar-refractivity contribution is 7.15. The van der Waals surface area contributed by atoms with Crippen molar-refractivity contribution in [2.75, 3.05) is 11.9 Å². The smallest absolute Gasteiger partial charge is 0.231 e. The van der Waals surface area contributed by atoms with Crippen molar-refractivity contribution in [2.45, 2.75) is 32.7 Å². The lowest BCUT2D eigenvalue weighted by Gasteiger charge is -2.17. The molecule has 1 aromatic heterocycles. The molecule has 1 aliphatic heterocycles. The molecule has 25 heavy (non-hydrogen) atoms. The summed E-state index contributed by atoms with van der Waals surface area (Å²) in [5.41, 5.74) is 0.879. The Hall–Kier alpha value is -1.99. The minimum absolute atomic E-state index is 0.0415. The number of aromatic nitrogens is 2. The van der Waals surface area contributed by atoms with Gasteiger partial charge in [-0.25, -0.2) is 0 Å². The number of nitrogens with zero attached hydrogens (tertiary/aromatic N) is 3. The highest BCUT2D eigenvalue weighted by atomic mass is 35.5. The van der Waals surface area contributed by atoms with Gasteiger partial charge in [-0.1, -0.05) is 55.0 Å². The van der Waals surface area contributed by atoms with E-state index in [4.69, 9.17) is 11.6 Å². The van der Waals surface area contributed by atoms with E-state index in [-0.39, 0.29) is 30.1 Å². The van der Waals surface area contributed by atoms with Crippen molar-refractivity contribution in [2.24, 2.45) is 5.92 Å². The van der Waals surface area contributed by atoms with Crippen LogP contribution in [0.25, 0.3) is 0 Å². The van der Waals surface area contributed by atoms with Gasteiger partial charge >= 0.3 is 0 Å². The Kier molecular flexibility index (Phi) is 5.34. The first-order valence-corrected chi connectivity index (χ1v) is 9.29. The van der Waals surface area contributed by atoms with Crippen molar-refractivity contribution in [3.63, 3.8) is 0 Å². The lowest BCUT2D eigenvalue weighted by molar-refractivity contribution is -0.128. The van der Waals surface area contributed by atoms with Crippen molar-refractivity contribution < 1.29 is 9.59 Å². The molecule has 0 bridgehead atoms. The molecule has 1 aliphatic rings. The molecule has 0 radical (unpaired) electrons. The van der Waals surface area contributed by atoms with Gasteiger partial charge in [0.25, 0.3) is 0 Å². The first-order chi connectivity index (χ1) is 11.9. The molecule has 3 rings (SSSR count). The summed E-state index contributed by atoms with van der Waals surface area (Å²) in [6.45, 7) is 4.84. The molecule has 2 aromatic rings. The largest absolute Gasteiger partial charge is 0.337 e. The summed E-state index contributed by atoms with van der Waals surface area (Å²) in [6.07, 6.45) is 0.201. The SMILES string of the molecule is CC(C)c1nnc(NC(=O)[C@H]2CC(=O)N(Cc3ccccc3Cl)C2)s1.